The summed E-state index contributed by atoms with van der Waals surface area (Å²) in [5, 5.41) is 5.19. The molecule has 4 rings (SSSR count). The number of amides is 1. The number of pyridine rings is 1. The van der Waals surface area contributed by atoms with Gasteiger partial charge in [-0.15, -0.1) is 0 Å². The Morgan fingerprint density at radius 1 is 1.04 bits per heavy atom. The van der Waals surface area contributed by atoms with E-state index in [2.05, 4.69) is 15.0 Å². The molecule has 2 aromatic heterocycles. The van der Waals surface area contributed by atoms with Gasteiger partial charge in [-0.3, -0.25) is 4.79 Å². The van der Waals surface area contributed by atoms with E-state index in [0.29, 0.717) is 23.8 Å². The number of benzene rings is 1. The van der Waals surface area contributed by atoms with Gasteiger partial charge in [0.25, 0.3) is 5.91 Å². The second-order valence-electron chi connectivity index (χ2n) is 6.53. The highest BCUT2D eigenvalue weighted by atomic mass is 35.5. The highest BCUT2D eigenvalue weighted by Gasteiger charge is 2.25. The minimum Gasteiger partial charge on any atom is -0.353 e. The second-order valence-corrected chi connectivity index (χ2v) is 6.96. The molecule has 0 saturated carbocycles. The van der Waals surface area contributed by atoms with E-state index in [9.17, 15) is 4.79 Å². The van der Waals surface area contributed by atoms with Crippen LogP contribution in [0.1, 0.15) is 16.2 Å². The Morgan fingerprint density at radius 3 is 2.44 bits per heavy atom. The summed E-state index contributed by atoms with van der Waals surface area (Å²) in [4.78, 5) is 21.3. The first-order valence-corrected chi connectivity index (χ1v) is 9.27. The van der Waals surface area contributed by atoms with Crippen molar-refractivity contribution in [1.82, 2.24) is 19.7 Å². The van der Waals surface area contributed by atoms with Gasteiger partial charge in [-0.05, 0) is 49.4 Å². The van der Waals surface area contributed by atoms with Gasteiger partial charge in [-0.25, -0.2) is 9.67 Å². The summed E-state index contributed by atoms with van der Waals surface area (Å²) in [7, 11) is 0. The average molecular weight is 382 g/mol. The van der Waals surface area contributed by atoms with E-state index in [1.807, 2.05) is 60.4 Å². The van der Waals surface area contributed by atoms with Gasteiger partial charge < -0.3 is 9.80 Å². The Hall–Kier alpha value is -2.86. The van der Waals surface area contributed by atoms with Crippen molar-refractivity contribution >= 4 is 23.3 Å². The molecule has 1 aliphatic rings. The summed E-state index contributed by atoms with van der Waals surface area (Å²) in [5.41, 5.74) is 2.26. The normalized spacial score (nSPS) is 14.4. The number of aryl methyl sites for hydroxylation is 1. The summed E-state index contributed by atoms with van der Waals surface area (Å²) in [6.45, 7) is 4.78. The monoisotopic (exact) mass is 381 g/mol. The first-order valence-electron chi connectivity index (χ1n) is 8.90. The molecule has 0 bridgehead atoms. The van der Waals surface area contributed by atoms with E-state index in [-0.39, 0.29) is 5.91 Å². The van der Waals surface area contributed by atoms with Crippen LogP contribution in [0, 0.1) is 6.92 Å². The molecular weight excluding hydrogens is 362 g/mol. The number of halogens is 1. The Morgan fingerprint density at radius 2 is 1.78 bits per heavy atom. The summed E-state index contributed by atoms with van der Waals surface area (Å²) in [5.74, 6) is 0.916. The van der Waals surface area contributed by atoms with Crippen molar-refractivity contribution in [2.24, 2.45) is 0 Å². The first kappa shape index (κ1) is 17.5. The number of rotatable bonds is 3. The van der Waals surface area contributed by atoms with Gasteiger partial charge in [-0.2, -0.15) is 5.10 Å². The van der Waals surface area contributed by atoms with Crippen molar-refractivity contribution in [3.8, 4) is 5.69 Å². The SMILES string of the molecule is Cc1cc(C(=O)N2CCN(c3ccccn3)CC2)nn1-c1ccc(Cl)cc1. The minimum atomic E-state index is -0.0357. The molecule has 0 aliphatic carbocycles. The third kappa shape index (κ3) is 3.66. The van der Waals surface area contributed by atoms with Crippen molar-refractivity contribution in [3.05, 3.63) is 71.1 Å². The second kappa shape index (κ2) is 7.40. The number of carbonyl (C=O) groups is 1. The van der Waals surface area contributed by atoms with Crippen LogP contribution in [0.5, 0.6) is 0 Å². The van der Waals surface area contributed by atoms with Gasteiger partial charge in [-0.1, -0.05) is 17.7 Å². The van der Waals surface area contributed by atoms with Crippen LogP contribution in [-0.4, -0.2) is 51.8 Å². The summed E-state index contributed by atoms with van der Waals surface area (Å²) in [6, 6.07) is 15.1. The Labute approximate surface area is 163 Å². The number of anilines is 1. The van der Waals surface area contributed by atoms with E-state index in [1.54, 1.807) is 10.9 Å². The van der Waals surface area contributed by atoms with E-state index < -0.39 is 0 Å². The van der Waals surface area contributed by atoms with E-state index in [4.69, 9.17) is 11.6 Å². The quantitative estimate of drug-likeness (QED) is 0.699. The maximum absolute atomic E-state index is 12.9. The van der Waals surface area contributed by atoms with Crippen LogP contribution >= 0.6 is 11.6 Å². The Balaban J connectivity index is 1.46. The van der Waals surface area contributed by atoms with Crippen molar-refractivity contribution in [3.63, 3.8) is 0 Å². The number of carbonyl (C=O) groups excluding carboxylic acids is 1. The average Bonchev–Trinajstić information content (AvgIpc) is 3.10. The fraction of sp³-hybridized carbons (Fsp3) is 0.250. The van der Waals surface area contributed by atoms with E-state index in [0.717, 1.165) is 30.3 Å². The zero-order chi connectivity index (χ0) is 18.8. The molecule has 138 valence electrons. The predicted molar refractivity (Wildman–Crippen MR) is 106 cm³/mol. The number of nitrogens with zero attached hydrogens (tertiary/aromatic N) is 5. The minimum absolute atomic E-state index is 0.0357. The van der Waals surface area contributed by atoms with Crippen LogP contribution in [0.25, 0.3) is 5.69 Å². The molecule has 3 heterocycles. The Bertz CT molecular complexity index is 931. The van der Waals surface area contributed by atoms with Gasteiger partial charge in [0.2, 0.25) is 0 Å². The van der Waals surface area contributed by atoms with Crippen LogP contribution in [0.4, 0.5) is 5.82 Å². The lowest BCUT2D eigenvalue weighted by Gasteiger charge is -2.35. The summed E-state index contributed by atoms with van der Waals surface area (Å²) >= 11 is 5.95. The maximum Gasteiger partial charge on any atom is 0.274 e. The third-order valence-corrected chi connectivity index (χ3v) is 4.97. The standard InChI is InChI=1S/C20H20ClN5O/c1-15-14-18(23-26(15)17-7-5-16(21)6-8-17)20(27)25-12-10-24(11-13-25)19-4-2-3-9-22-19/h2-9,14H,10-13H2,1H3. The van der Waals surface area contributed by atoms with Crippen LogP contribution in [0.3, 0.4) is 0 Å². The van der Waals surface area contributed by atoms with Crippen molar-refractivity contribution in [2.75, 3.05) is 31.1 Å². The van der Waals surface area contributed by atoms with Crippen molar-refractivity contribution < 1.29 is 4.79 Å². The molecule has 0 spiro atoms. The largest absolute Gasteiger partial charge is 0.353 e. The van der Waals surface area contributed by atoms with Gasteiger partial charge in [0.1, 0.15) is 5.82 Å². The summed E-state index contributed by atoms with van der Waals surface area (Å²) in [6.07, 6.45) is 1.79. The van der Waals surface area contributed by atoms with Gasteiger partial charge in [0.05, 0.1) is 5.69 Å². The number of aromatic nitrogens is 3. The molecule has 0 unspecified atom stereocenters. The molecule has 7 heteroatoms. The van der Waals surface area contributed by atoms with Crippen molar-refractivity contribution in [1.29, 1.82) is 0 Å². The molecule has 3 aromatic rings. The number of hydrogen-bond acceptors (Lipinski definition) is 4. The zero-order valence-electron chi connectivity index (χ0n) is 15.0. The molecule has 1 saturated heterocycles. The van der Waals surface area contributed by atoms with Crippen LogP contribution in [0.2, 0.25) is 5.02 Å². The molecular formula is C20H20ClN5O. The van der Waals surface area contributed by atoms with Gasteiger partial charge >= 0.3 is 0 Å². The highest BCUT2D eigenvalue weighted by Crippen LogP contribution is 2.18. The molecule has 1 fully saturated rings. The molecule has 1 aliphatic heterocycles. The molecule has 6 nitrogen and oxygen atoms in total. The van der Waals surface area contributed by atoms with Gasteiger partial charge in [0.15, 0.2) is 5.69 Å². The number of hydrogen-bond donors (Lipinski definition) is 0. The van der Waals surface area contributed by atoms with Gasteiger partial charge in [0, 0.05) is 43.1 Å². The first-order chi connectivity index (χ1) is 13.1. The Kier molecular flexibility index (Phi) is 4.81. The highest BCUT2D eigenvalue weighted by molar-refractivity contribution is 6.30. The molecule has 1 aromatic carbocycles. The summed E-state index contributed by atoms with van der Waals surface area (Å²) < 4.78 is 1.77. The lowest BCUT2D eigenvalue weighted by molar-refractivity contribution is 0.0740. The molecule has 27 heavy (non-hydrogen) atoms. The maximum atomic E-state index is 12.9. The number of piperazine rings is 1. The van der Waals surface area contributed by atoms with Crippen LogP contribution in [0.15, 0.2) is 54.7 Å². The zero-order valence-corrected chi connectivity index (χ0v) is 15.8. The van der Waals surface area contributed by atoms with Crippen LogP contribution < -0.4 is 4.90 Å². The van der Waals surface area contributed by atoms with Crippen LogP contribution in [-0.2, 0) is 0 Å². The van der Waals surface area contributed by atoms with E-state index in [1.165, 1.54) is 0 Å². The third-order valence-electron chi connectivity index (χ3n) is 4.72. The smallest absolute Gasteiger partial charge is 0.274 e. The van der Waals surface area contributed by atoms with Crippen molar-refractivity contribution in [2.45, 2.75) is 6.92 Å². The molecule has 0 atom stereocenters. The molecule has 0 N–H and O–H groups in total. The molecule has 1 amide bonds. The molecule has 0 radical (unpaired) electrons. The van der Waals surface area contributed by atoms with E-state index >= 15 is 0 Å². The topological polar surface area (TPSA) is 54.3 Å². The fourth-order valence-electron chi connectivity index (χ4n) is 3.26. The lowest BCUT2D eigenvalue weighted by Crippen LogP contribution is -2.49. The predicted octanol–water partition coefficient (Wildman–Crippen LogP) is 3.19. The lowest BCUT2D eigenvalue weighted by atomic mass is 10.2. The fourth-order valence-corrected chi connectivity index (χ4v) is 3.39.